The average Bonchev–Trinajstić information content (AvgIpc) is 3.12. The predicted octanol–water partition coefficient (Wildman–Crippen LogP) is 3.98. The van der Waals surface area contributed by atoms with Crippen LogP contribution in [0.25, 0.3) is 17.1 Å². The van der Waals surface area contributed by atoms with Crippen molar-refractivity contribution in [1.82, 2.24) is 20.1 Å². The molecule has 142 valence electrons. The van der Waals surface area contributed by atoms with E-state index in [2.05, 4.69) is 32.3 Å². The average molecular weight is 376 g/mol. The third-order valence-corrected chi connectivity index (χ3v) is 3.93. The summed E-state index contributed by atoms with van der Waals surface area (Å²) in [6.45, 7) is 0.973. The highest BCUT2D eigenvalue weighted by molar-refractivity contribution is 5.55. The summed E-state index contributed by atoms with van der Waals surface area (Å²) < 4.78 is 42.0. The zero-order valence-electron chi connectivity index (χ0n) is 14.7. The minimum Gasteiger partial charge on any atom is -0.406 e. The Kier molecular flexibility index (Phi) is 5.75. The molecule has 8 heteroatoms. The Labute approximate surface area is 154 Å². The molecule has 0 aliphatic rings. The highest BCUT2D eigenvalue weighted by Gasteiger charge is 2.30. The first-order valence-corrected chi connectivity index (χ1v) is 8.46. The first kappa shape index (κ1) is 18.9. The summed E-state index contributed by atoms with van der Waals surface area (Å²) >= 11 is 0. The Hall–Kier alpha value is -2.87. The molecular formula is C19H19F3N4O. The fourth-order valence-electron chi connectivity index (χ4n) is 2.61. The lowest BCUT2D eigenvalue weighted by atomic mass is 10.1. The van der Waals surface area contributed by atoms with Crippen LogP contribution in [0.1, 0.15) is 12.0 Å². The van der Waals surface area contributed by atoms with Crippen LogP contribution in [0.15, 0.2) is 54.9 Å². The van der Waals surface area contributed by atoms with Gasteiger partial charge < -0.3 is 10.1 Å². The number of aryl methyl sites for hydroxylation is 1. The molecule has 0 aliphatic carbocycles. The van der Waals surface area contributed by atoms with Gasteiger partial charge in [-0.25, -0.2) is 9.67 Å². The van der Waals surface area contributed by atoms with Gasteiger partial charge in [-0.15, -0.1) is 18.3 Å². The van der Waals surface area contributed by atoms with Crippen LogP contribution in [-0.2, 0) is 6.42 Å². The van der Waals surface area contributed by atoms with Gasteiger partial charge in [0.15, 0.2) is 5.82 Å². The molecule has 0 spiro atoms. The lowest BCUT2D eigenvalue weighted by molar-refractivity contribution is -0.274. The summed E-state index contributed by atoms with van der Waals surface area (Å²) in [6.07, 6.45) is -1.12. The predicted molar refractivity (Wildman–Crippen MR) is 95.7 cm³/mol. The van der Waals surface area contributed by atoms with Crippen LogP contribution < -0.4 is 10.1 Å². The van der Waals surface area contributed by atoms with Crippen molar-refractivity contribution >= 4 is 0 Å². The minimum atomic E-state index is -4.71. The highest BCUT2D eigenvalue weighted by atomic mass is 19.4. The van der Waals surface area contributed by atoms with Gasteiger partial charge in [-0.05, 0) is 56.3 Å². The second-order valence-electron chi connectivity index (χ2n) is 5.96. The summed E-state index contributed by atoms with van der Waals surface area (Å²) in [7, 11) is 1.93. The molecule has 0 fully saturated rings. The highest BCUT2D eigenvalue weighted by Crippen LogP contribution is 2.24. The molecule has 0 aliphatic heterocycles. The lowest BCUT2D eigenvalue weighted by Crippen LogP contribution is -2.17. The number of benzene rings is 2. The summed E-state index contributed by atoms with van der Waals surface area (Å²) in [5, 5.41) is 7.51. The van der Waals surface area contributed by atoms with Gasteiger partial charge in [-0.1, -0.05) is 24.3 Å². The van der Waals surface area contributed by atoms with E-state index < -0.39 is 6.36 Å². The van der Waals surface area contributed by atoms with Crippen LogP contribution in [0.3, 0.4) is 0 Å². The van der Waals surface area contributed by atoms with Gasteiger partial charge >= 0.3 is 6.36 Å². The Morgan fingerprint density at radius 2 is 1.74 bits per heavy atom. The van der Waals surface area contributed by atoms with Gasteiger partial charge in [-0.2, -0.15) is 0 Å². The number of halogens is 3. The SMILES string of the molecule is CNCCCc1ccc(-c2ncn(-c3ccc(OC(F)(F)F)cc3)n2)cc1. The van der Waals surface area contributed by atoms with E-state index in [1.807, 2.05) is 19.2 Å². The normalized spacial score (nSPS) is 11.6. The number of rotatable bonds is 7. The molecule has 3 rings (SSSR count). The fourth-order valence-corrected chi connectivity index (χ4v) is 2.61. The van der Waals surface area contributed by atoms with E-state index in [4.69, 9.17) is 0 Å². The standard InChI is InChI=1S/C19H19F3N4O/c1-23-12-2-3-14-4-6-15(7-5-14)18-24-13-26(25-18)16-8-10-17(11-9-16)27-19(20,21)22/h4-11,13,23H,2-3,12H2,1H3. The molecule has 1 aromatic heterocycles. The number of nitrogens with zero attached hydrogens (tertiary/aromatic N) is 3. The molecule has 0 amide bonds. The van der Waals surface area contributed by atoms with Gasteiger partial charge in [0.2, 0.25) is 0 Å². The van der Waals surface area contributed by atoms with Crippen LogP contribution in [-0.4, -0.2) is 34.7 Å². The number of ether oxygens (including phenoxy) is 1. The third kappa shape index (κ3) is 5.30. The van der Waals surface area contributed by atoms with E-state index >= 15 is 0 Å². The molecule has 0 atom stereocenters. The molecule has 3 aromatic rings. The van der Waals surface area contributed by atoms with Gasteiger partial charge in [0.1, 0.15) is 12.1 Å². The molecule has 2 aromatic carbocycles. The quantitative estimate of drug-likeness (QED) is 0.634. The Morgan fingerprint density at radius 1 is 1.04 bits per heavy atom. The Balaban J connectivity index is 1.69. The molecule has 1 N–H and O–H groups in total. The second kappa shape index (κ2) is 8.22. The summed E-state index contributed by atoms with van der Waals surface area (Å²) in [5.74, 6) is 0.271. The van der Waals surface area contributed by atoms with Crippen molar-refractivity contribution in [2.75, 3.05) is 13.6 Å². The number of hydrogen-bond acceptors (Lipinski definition) is 4. The van der Waals surface area contributed by atoms with Gasteiger partial charge in [0.25, 0.3) is 0 Å². The van der Waals surface area contributed by atoms with E-state index in [1.54, 1.807) is 0 Å². The van der Waals surface area contributed by atoms with Gasteiger partial charge in [0, 0.05) is 5.56 Å². The number of aromatic nitrogens is 3. The minimum absolute atomic E-state index is 0.277. The van der Waals surface area contributed by atoms with Gasteiger partial charge in [-0.3, -0.25) is 0 Å². The van der Waals surface area contributed by atoms with Crippen LogP contribution in [0.5, 0.6) is 5.75 Å². The van der Waals surface area contributed by atoms with Crippen molar-refractivity contribution in [2.45, 2.75) is 19.2 Å². The molecule has 5 nitrogen and oxygen atoms in total. The van der Waals surface area contributed by atoms with E-state index in [0.29, 0.717) is 11.5 Å². The fraction of sp³-hybridized carbons (Fsp3) is 0.263. The molecule has 0 bridgehead atoms. The van der Waals surface area contributed by atoms with Crippen molar-refractivity contribution in [1.29, 1.82) is 0 Å². The largest absolute Gasteiger partial charge is 0.573 e. The third-order valence-electron chi connectivity index (χ3n) is 3.93. The van der Waals surface area contributed by atoms with E-state index in [0.717, 1.165) is 24.9 Å². The first-order chi connectivity index (χ1) is 12.9. The second-order valence-corrected chi connectivity index (χ2v) is 5.96. The molecule has 0 saturated carbocycles. The molecule has 1 heterocycles. The Bertz CT molecular complexity index is 858. The molecule has 0 saturated heterocycles. The van der Waals surface area contributed by atoms with Crippen LogP contribution >= 0.6 is 0 Å². The van der Waals surface area contributed by atoms with Gasteiger partial charge in [0.05, 0.1) is 5.69 Å². The topological polar surface area (TPSA) is 52.0 Å². The first-order valence-electron chi connectivity index (χ1n) is 8.46. The molecular weight excluding hydrogens is 357 g/mol. The maximum absolute atomic E-state index is 12.2. The van der Waals surface area contributed by atoms with Crippen molar-refractivity contribution < 1.29 is 17.9 Å². The van der Waals surface area contributed by atoms with E-state index in [-0.39, 0.29) is 5.75 Å². The van der Waals surface area contributed by atoms with Crippen LogP contribution in [0.4, 0.5) is 13.2 Å². The Morgan fingerprint density at radius 3 is 2.37 bits per heavy atom. The van der Waals surface area contributed by atoms with Crippen LogP contribution in [0.2, 0.25) is 0 Å². The maximum atomic E-state index is 12.2. The van der Waals surface area contributed by atoms with E-state index in [1.165, 1.54) is 40.8 Å². The maximum Gasteiger partial charge on any atom is 0.573 e. The van der Waals surface area contributed by atoms with Crippen molar-refractivity contribution in [2.24, 2.45) is 0 Å². The number of hydrogen-bond donors (Lipinski definition) is 1. The van der Waals surface area contributed by atoms with Crippen molar-refractivity contribution in [3.8, 4) is 22.8 Å². The lowest BCUT2D eigenvalue weighted by Gasteiger charge is -2.09. The molecule has 0 radical (unpaired) electrons. The number of alkyl halides is 3. The summed E-state index contributed by atoms with van der Waals surface area (Å²) in [4.78, 5) is 4.28. The monoisotopic (exact) mass is 376 g/mol. The molecule has 27 heavy (non-hydrogen) atoms. The van der Waals surface area contributed by atoms with E-state index in [9.17, 15) is 13.2 Å². The smallest absolute Gasteiger partial charge is 0.406 e. The van der Waals surface area contributed by atoms with Crippen molar-refractivity contribution in [3.05, 3.63) is 60.4 Å². The zero-order valence-corrected chi connectivity index (χ0v) is 14.7. The van der Waals surface area contributed by atoms with Crippen LogP contribution in [0, 0.1) is 0 Å². The summed E-state index contributed by atoms with van der Waals surface area (Å²) in [5.41, 5.74) is 2.71. The summed E-state index contributed by atoms with van der Waals surface area (Å²) in [6, 6.07) is 13.5. The zero-order chi connectivity index (χ0) is 19.3. The van der Waals surface area contributed by atoms with Crippen molar-refractivity contribution in [3.63, 3.8) is 0 Å². The number of nitrogens with one attached hydrogen (secondary N) is 1. The molecule has 0 unspecified atom stereocenters.